The average Bonchev–Trinajstić information content (AvgIpc) is 2.88. The molecule has 2 amide bonds. The summed E-state index contributed by atoms with van der Waals surface area (Å²) >= 11 is 0. The Bertz CT molecular complexity index is 1230. The van der Waals surface area contributed by atoms with Crippen LogP contribution in [0.25, 0.3) is 11.1 Å². The van der Waals surface area contributed by atoms with Crippen LogP contribution in [0, 0.1) is 0 Å². The third-order valence-electron chi connectivity index (χ3n) is 5.23. The van der Waals surface area contributed by atoms with Crippen molar-refractivity contribution in [1.82, 2.24) is 10.3 Å². The maximum Gasteiger partial charge on any atom is 0.255 e. The highest BCUT2D eigenvalue weighted by atomic mass is 16.3. The lowest BCUT2D eigenvalue weighted by atomic mass is 10.0. The molecular weight excluding hydrogens is 414 g/mol. The van der Waals surface area contributed by atoms with Crippen LogP contribution in [0.3, 0.4) is 0 Å². The first-order valence-corrected chi connectivity index (χ1v) is 10.5. The number of hydrogen-bond acceptors (Lipinski definition) is 4. The number of anilines is 1. The number of benzene rings is 3. The number of amides is 2. The van der Waals surface area contributed by atoms with Gasteiger partial charge < -0.3 is 15.7 Å². The number of pyridine rings is 1. The van der Waals surface area contributed by atoms with Crippen LogP contribution in [0.2, 0.25) is 0 Å². The Morgan fingerprint density at radius 2 is 1.45 bits per heavy atom. The van der Waals surface area contributed by atoms with Gasteiger partial charge in [-0.05, 0) is 65.2 Å². The summed E-state index contributed by atoms with van der Waals surface area (Å²) in [5.74, 6) is -0.577. The van der Waals surface area contributed by atoms with E-state index >= 15 is 0 Å². The van der Waals surface area contributed by atoms with Crippen molar-refractivity contribution in [3.8, 4) is 11.1 Å². The second-order valence-corrected chi connectivity index (χ2v) is 7.47. The highest BCUT2D eigenvalue weighted by Crippen LogP contribution is 2.20. The Hall–Kier alpha value is -4.29. The summed E-state index contributed by atoms with van der Waals surface area (Å²) in [7, 11) is 0. The average molecular weight is 437 g/mol. The molecule has 6 heteroatoms. The number of aliphatic hydroxyl groups is 1. The molecule has 0 fully saturated rings. The lowest BCUT2D eigenvalue weighted by Gasteiger charge is -2.18. The van der Waals surface area contributed by atoms with Gasteiger partial charge in [0.1, 0.15) is 0 Å². The Kier molecular flexibility index (Phi) is 6.87. The fourth-order valence-corrected chi connectivity index (χ4v) is 3.46. The van der Waals surface area contributed by atoms with E-state index < -0.39 is 6.04 Å². The van der Waals surface area contributed by atoms with Crippen LogP contribution in [-0.4, -0.2) is 28.5 Å². The highest BCUT2D eigenvalue weighted by Gasteiger charge is 2.17. The number of para-hydroxylation sites is 1. The van der Waals surface area contributed by atoms with Gasteiger partial charge in [-0.3, -0.25) is 14.6 Å². The van der Waals surface area contributed by atoms with E-state index in [1.165, 1.54) is 0 Å². The zero-order valence-corrected chi connectivity index (χ0v) is 17.8. The van der Waals surface area contributed by atoms with E-state index in [1.807, 2.05) is 42.5 Å². The van der Waals surface area contributed by atoms with E-state index in [-0.39, 0.29) is 18.4 Å². The van der Waals surface area contributed by atoms with E-state index in [1.54, 1.807) is 60.9 Å². The summed E-state index contributed by atoms with van der Waals surface area (Å²) in [4.78, 5) is 29.4. The first-order valence-electron chi connectivity index (χ1n) is 10.5. The Balaban J connectivity index is 1.46. The van der Waals surface area contributed by atoms with Gasteiger partial charge in [0.05, 0.1) is 12.6 Å². The van der Waals surface area contributed by atoms with Gasteiger partial charge in [0.2, 0.25) is 0 Å². The van der Waals surface area contributed by atoms with Gasteiger partial charge in [-0.15, -0.1) is 0 Å². The topological polar surface area (TPSA) is 91.3 Å². The number of hydrogen-bond donors (Lipinski definition) is 3. The number of aromatic nitrogens is 1. The molecule has 4 aromatic rings. The van der Waals surface area contributed by atoms with Crippen molar-refractivity contribution >= 4 is 17.5 Å². The van der Waals surface area contributed by atoms with Crippen LogP contribution in [-0.2, 0) is 0 Å². The van der Waals surface area contributed by atoms with Crippen LogP contribution in [0.15, 0.2) is 103 Å². The molecule has 0 bridgehead atoms. The highest BCUT2D eigenvalue weighted by molar-refractivity contribution is 6.04. The molecular formula is C27H23N3O3. The van der Waals surface area contributed by atoms with Gasteiger partial charge in [0.15, 0.2) is 0 Å². The normalized spacial score (nSPS) is 11.4. The van der Waals surface area contributed by atoms with Crippen molar-refractivity contribution in [1.29, 1.82) is 0 Å². The number of aliphatic hydroxyl groups excluding tert-OH is 1. The first-order chi connectivity index (χ1) is 16.1. The first kappa shape index (κ1) is 21.9. The maximum absolute atomic E-state index is 12.8. The number of carbonyl (C=O) groups excluding carboxylic acids is 2. The van der Waals surface area contributed by atoms with Gasteiger partial charge in [0, 0.05) is 29.2 Å². The van der Waals surface area contributed by atoms with Gasteiger partial charge in [-0.25, -0.2) is 0 Å². The number of nitrogens with zero attached hydrogens (tertiary/aromatic N) is 1. The quantitative estimate of drug-likeness (QED) is 0.398. The smallest absolute Gasteiger partial charge is 0.255 e. The van der Waals surface area contributed by atoms with E-state index in [4.69, 9.17) is 0 Å². The largest absolute Gasteiger partial charge is 0.394 e. The molecule has 4 rings (SSSR count). The molecule has 33 heavy (non-hydrogen) atoms. The molecule has 0 unspecified atom stereocenters. The van der Waals surface area contributed by atoms with Gasteiger partial charge in [-0.1, -0.05) is 42.5 Å². The van der Waals surface area contributed by atoms with Crippen LogP contribution in [0.4, 0.5) is 5.69 Å². The minimum absolute atomic E-state index is 0.266. The number of rotatable bonds is 7. The molecule has 1 atom stereocenters. The van der Waals surface area contributed by atoms with E-state index in [2.05, 4.69) is 15.6 Å². The zero-order chi connectivity index (χ0) is 23.0. The van der Waals surface area contributed by atoms with Crippen molar-refractivity contribution in [3.05, 3.63) is 120 Å². The van der Waals surface area contributed by atoms with Crippen molar-refractivity contribution in [2.45, 2.75) is 6.04 Å². The van der Waals surface area contributed by atoms with Crippen molar-refractivity contribution in [3.63, 3.8) is 0 Å². The van der Waals surface area contributed by atoms with E-state index in [9.17, 15) is 14.7 Å². The van der Waals surface area contributed by atoms with Crippen LogP contribution >= 0.6 is 0 Å². The van der Waals surface area contributed by atoms with Crippen LogP contribution in [0.5, 0.6) is 0 Å². The minimum atomic E-state index is -0.651. The summed E-state index contributed by atoms with van der Waals surface area (Å²) in [6.07, 6.45) is 3.44. The predicted octanol–water partition coefficient (Wildman–Crippen LogP) is 4.46. The van der Waals surface area contributed by atoms with Gasteiger partial charge >= 0.3 is 0 Å². The number of nitrogens with one attached hydrogen (secondary N) is 2. The van der Waals surface area contributed by atoms with E-state index in [0.717, 1.165) is 11.1 Å². The minimum Gasteiger partial charge on any atom is -0.394 e. The van der Waals surface area contributed by atoms with Crippen LogP contribution in [0.1, 0.15) is 32.3 Å². The maximum atomic E-state index is 12.8. The molecule has 0 aliphatic heterocycles. The Morgan fingerprint density at radius 1 is 0.758 bits per heavy atom. The molecule has 0 saturated heterocycles. The molecule has 0 spiro atoms. The third kappa shape index (κ3) is 5.50. The lowest BCUT2D eigenvalue weighted by molar-refractivity contribution is 0.0916. The number of carbonyl (C=O) groups is 2. The molecule has 0 saturated carbocycles. The fraction of sp³-hybridized carbons (Fsp3) is 0.0741. The Morgan fingerprint density at radius 3 is 2.15 bits per heavy atom. The fourth-order valence-electron chi connectivity index (χ4n) is 3.46. The molecule has 1 heterocycles. The predicted molar refractivity (Wildman–Crippen MR) is 128 cm³/mol. The molecule has 164 valence electrons. The summed E-state index contributed by atoms with van der Waals surface area (Å²) < 4.78 is 0. The monoisotopic (exact) mass is 437 g/mol. The summed E-state index contributed by atoms with van der Waals surface area (Å²) in [6, 6.07) is 26.4. The molecule has 1 aromatic heterocycles. The zero-order valence-electron chi connectivity index (χ0n) is 17.8. The SMILES string of the molecule is O=C(Nc1ccccc1)c1cccc([C@@H](CO)NC(=O)c2ccc(-c3ccncc3)cc2)c1. The lowest BCUT2D eigenvalue weighted by Crippen LogP contribution is -2.31. The second kappa shape index (κ2) is 10.3. The molecule has 3 N–H and O–H groups in total. The third-order valence-corrected chi connectivity index (χ3v) is 5.23. The standard InChI is InChI=1S/C27H23N3O3/c31-18-25(22-5-4-6-23(17-22)27(33)29-24-7-2-1-3-8-24)30-26(32)21-11-9-19(10-12-21)20-13-15-28-16-14-20/h1-17,25,31H,18H2,(H,29,33)(H,30,32)/t25-/m1/s1. The summed E-state index contributed by atoms with van der Waals surface area (Å²) in [5.41, 5.74) is 4.23. The molecule has 3 aromatic carbocycles. The van der Waals surface area contributed by atoms with Crippen molar-refractivity contribution in [2.75, 3.05) is 11.9 Å². The molecule has 6 nitrogen and oxygen atoms in total. The van der Waals surface area contributed by atoms with Crippen molar-refractivity contribution in [2.24, 2.45) is 0 Å². The van der Waals surface area contributed by atoms with Crippen LogP contribution < -0.4 is 10.6 Å². The second-order valence-electron chi connectivity index (χ2n) is 7.47. The van der Waals surface area contributed by atoms with E-state index in [0.29, 0.717) is 22.4 Å². The molecule has 0 aliphatic rings. The summed E-state index contributed by atoms with van der Waals surface area (Å²) in [6.45, 7) is -0.301. The van der Waals surface area contributed by atoms with Gasteiger partial charge in [0.25, 0.3) is 11.8 Å². The van der Waals surface area contributed by atoms with Crippen molar-refractivity contribution < 1.29 is 14.7 Å². The van der Waals surface area contributed by atoms with Gasteiger partial charge in [-0.2, -0.15) is 0 Å². The Labute approximate surface area is 191 Å². The molecule has 0 aliphatic carbocycles. The summed E-state index contributed by atoms with van der Waals surface area (Å²) in [5, 5.41) is 15.6. The molecule has 0 radical (unpaired) electrons.